The van der Waals surface area contributed by atoms with E-state index in [0.29, 0.717) is 6.04 Å². The molecule has 1 heterocycles. The summed E-state index contributed by atoms with van der Waals surface area (Å²) in [5.74, 6) is 0.851. The number of nitrogens with two attached hydrogens (primary N) is 1. The van der Waals surface area contributed by atoms with Crippen molar-refractivity contribution < 1.29 is 4.79 Å². The Hall–Kier alpha value is -1.34. The average Bonchev–Trinajstić information content (AvgIpc) is 2.70. The van der Waals surface area contributed by atoms with E-state index in [-0.39, 0.29) is 11.8 Å². The lowest BCUT2D eigenvalue weighted by atomic mass is 9.96. The van der Waals surface area contributed by atoms with Crippen molar-refractivity contribution in [1.29, 1.82) is 0 Å². The zero-order valence-electron chi connectivity index (χ0n) is 18.7. The topological polar surface area (TPSA) is 86.0 Å². The quantitative estimate of drug-likeness (QED) is 0.250. The molecule has 1 amide bonds. The Morgan fingerprint density at radius 2 is 1.89 bits per heavy atom. The number of amides is 1. The van der Waals surface area contributed by atoms with Crippen LogP contribution in [0.25, 0.3) is 0 Å². The van der Waals surface area contributed by atoms with Crippen molar-refractivity contribution in [2.24, 2.45) is 16.6 Å². The van der Waals surface area contributed by atoms with Crippen molar-refractivity contribution in [3.05, 3.63) is 0 Å². The SMILES string of the molecule is CCN(CC)CCCC(C)NC(=NC)NCCCCN1CCC(C(N)=O)CC1. The van der Waals surface area contributed by atoms with Gasteiger partial charge in [-0.1, -0.05) is 13.8 Å². The van der Waals surface area contributed by atoms with Gasteiger partial charge in [-0.3, -0.25) is 9.79 Å². The monoisotopic (exact) mass is 396 g/mol. The van der Waals surface area contributed by atoms with Crippen molar-refractivity contribution in [2.75, 3.05) is 52.9 Å². The molecule has 28 heavy (non-hydrogen) atoms. The van der Waals surface area contributed by atoms with Crippen LogP contribution in [0.5, 0.6) is 0 Å². The van der Waals surface area contributed by atoms with Crippen LogP contribution >= 0.6 is 0 Å². The van der Waals surface area contributed by atoms with Gasteiger partial charge in [-0.2, -0.15) is 0 Å². The first-order chi connectivity index (χ1) is 13.5. The zero-order valence-corrected chi connectivity index (χ0v) is 18.7. The van der Waals surface area contributed by atoms with E-state index in [2.05, 4.69) is 46.2 Å². The second-order valence-electron chi connectivity index (χ2n) is 7.94. The molecule has 0 aromatic heterocycles. The maximum Gasteiger partial charge on any atom is 0.220 e. The molecule has 1 aliphatic rings. The molecule has 0 aliphatic carbocycles. The van der Waals surface area contributed by atoms with Crippen LogP contribution in [-0.4, -0.2) is 80.6 Å². The standard InChI is InChI=1S/C21H44N6O/c1-5-26(6-2)15-9-10-18(3)25-21(23-4)24-13-7-8-14-27-16-11-19(12-17-27)20(22)28/h18-19H,5-17H2,1-4H3,(H2,22,28)(H2,23,24,25). The van der Waals surface area contributed by atoms with Crippen LogP contribution in [0.3, 0.4) is 0 Å². The first-order valence-corrected chi connectivity index (χ1v) is 11.2. The Labute approximate surface area is 172 Å². The van der Waals surface area contributed by atoms with Crippen molar-refractivity contribution in [3.8, 4) is 0 Å². The van der Waals surface area contributed by atoms with Gasteiger partial charge in [0.2, 0.25) is 5.91 Å². The molecule has 0 bridgehead atoms. The first-order valence-electron chi connectivity index (χ1n) is 11.2. The summed E-state index contributed by atoms with van der Waals surface area (Å²) in [6, 6.07) is 0.424. The summed E-state index contributed by atoms with van der Waals surface area (Å²) in [5.41, 5.74) is 5.40. The molecule has 0 spiro atoms. The van der Waals surface area contributed by atoms with E-state index in [1.165, 1.54) is 13.0 Å². The molecule has 1 unspecified atom stereocenters. The van der Waals surface area contributed by atoms with Crippen LogP contribution in [0, 0.1) is 5.92 Å². The number of unbranched alkanes of at least 4 members (excludes halogenated alkanes) is 1. The van der Waals surface area contributed by atoms with E-state index in [0.717, 1.165) is 77.3 Å². The van der Waals surface area contributed by atoms with Gasteiger partial charge in [-0.25, -0.2) is 0 Å². The maximum absolute atomic E-state index is 11.2. The molecule has 1 fully saturated rings. The van der Waals surface area contributed by atoms with Gasteiger partial charge in [-0.05, 0) is 84.7 Å². The van der Waals surface area contributed by atoms with Gasteiger partial charge >= 0.3 is 0 Å². The van der Waals surface area contributed by atoms with Crippen molar-refractivity contribution in [1.82, 2.24) is 20.4 Å². The van der Waals surface area contributed by atoms with E-state index in [4.69, 9.17) is 5.73 Å². The number of guanidine groups is 1. The maximum atomic E-state index is 11.2. The van der Waals surface area contributed by atoms with Gasteiger partial charge in [-0.15, -0.1) is 0 Å². The van der Waals surface area contributed by atoms with Crippen LogP contribution in [0.1, 0.15) is 59.3 Å². The second kappa shape index (κ2) is 14.6. The molecule has 7 heteroatoms. The molecule has 1 atom stereocenters. The summed E-state index contributed by atoms with van der Waals surface area (Å²) in [6.07, 6.45) is 6.46. The number of carbonyl (C=O) groups excluding carboxylic acids is 1. The summed E-state index contributed by atoms with van der Waals surface area (Å²) in [5, 5.41) is 6.93. The molecule has 1 aliphatic heterocycles. The number of rotatable bonds is 13. The number of likely N-dealkylation sites (tertiary alicyclic amines) is 1. The number of primary amides is 1. The van der Waals surface area contributed by atoms with E-state index in [9.17, 15) is 4.79 Å². The third-order valence-corrected chi connectivity index (χ3v) is 5.80. The summed E-state index contributed by atoms with van der Waals surface area (Å²) < 4.78 is 0. The highest BCUT2D eigenvalue weighted by Crippen LogP contribution is 2.16. The number of piperidine rings is 1. The summed E-state index contributed by atoms with van der Waals surface area (Å²) >= 11 is 0. The number of hydrogen-bond donors (Lipinski definition) is 3. The van der Waals surface area contributed by atoms with Crippen LogP contribution in [-0.2, 0) is 4.79 Å². The molecule has 7 nitrogen and oxygen atoms in total. The number of nitrogens with zero attached hydrogens (tertiary/aromatic N) is 3. The summed E-state index contributed by atoms with van der Waals surface area (Å²) in [4.78, 5) is 20.5. The Morgan fingerprint density at radius 3 is 2.46 bits per heavy atom. The minimum Gasteiger partial charge on any atom is -0.369 e. The van der Waals surface area contributed by atoms with Gasteiger partial charge in [0, 0.05) is 25.6 Å². The summed E-state index contributed by atoms with van der Waals surface area (Å²) in [7, 11) is 1.83. The summed E-state index contributed by atoms with van der Waals surface area (Å²) in [6.45, 7) is 14.1. The van der Waals surface area contributed by atoms with Crippen molar-refractivity contribution in [3.63, 3.8) is 0 Å². The van der Waals surface area contributed by atoms with E-state index in [1.54, 1.807) is 0 Å². The van der Waals surface area contributed by atoms with Crippen LogP contribution in [0.4, 0.5) is 0 Å². The predicted molar refractivity (Wildman–Crippen MR) is 119 cm³/mol. The van der Waals surface area contributed by atoms with E-state index >= 15 is 0 Å². The fourth-order valence-electron chi connectivity index (χ4n) is 3.77. The van der Waals surface area contributed by atoms with E-state index in [1.807, 2.05) is 7.05 Å². The molecular formula is C21H44N6O. The average molecular weight is 397 g/mol. The fraction of sp³-hybridized carbons (Fsp3) is 0.905. The van der Waals surface area contributed by atoms with Crippen LogP contribution in [0.2, 0.25) is 0 Å². The second-order valence-corrected chi connectivity index (χ2v) is 7.94. The molecule has 0 aromatic carbocycles. The molecule has 0 aromatic rings. The van der Waals surface area contributed by atoms with Crippen LogP contribution < -0.4 is 16.4 Å². The van der Waals surface area contributed by atoms with Gasteiger partial charge in [0.05, 0.1) is 0 Å². The normalized spacial score (nSPS) is 17.7. The minimum absolute atomic E-state index is 0.0846. The molecule has 1 rings (SSSR count). The largest absolute Gasteiger partial charge is 0.369 e. The Balaban J connectivity index is 2.09. The Kier molecular flexibility index (Phi) is 12.9. The molecule has 0 saturated carbocycles. The smallest absolute Gasteiger partial charge is 0.220 e. The first kappa shape index (κ1) is 24.7. The van der Waals surface area contributed by atoms with Crippen LogP contribution in [0.15, 0.2) is 4.99 Å². The predicted octanol–water partition coefficient (Wildman–Crippen LogP) is 1.64. The Morgan fingerprint density at radius 1 is 1.21 bits per heavy atom. The lowest BCUT2D eigenvalue weighted by Gasteiger charge is -2.30. The third-order valence-electron chi connectivity index (χ3n) is 5.80. The number of hydrogen-bond acceptors (Lipinski definition) is 4. The highest BCUT2D eigenvalue weighted by atomic mass is 16.1. The third kappa shape index (κ3) is 10.3. The Bertz CT molecular complexity index is 444. The fourth-order valence-corrected chi connectivity index (χ4v) is 3.77. The van der Waals surface area contributed by atoms with Gasteiger partial charge in [0.15, 0.2) is 5.96 Å². The van der Waals surface area contributed by atoms with Crippen molar-refractivity contribution >= 4 is 11.9 Å². The highest BCUT2D eigenvalue weighted by molar-refractivity contribution is 5.79. The lowest BCUT2D eigenvalue weighted by molar-refractivity contribution is -0.123. The molecule has 164 valence electrons. The molecule has 4 N–H and O–H groups in total. The van der Waals surface area contributed by atoms with E-state index < -0.39 is 0 Å². The van der Waals surface area contributed by atoms with Gasteiger partial charge in [0.1, 0.15) is 0 Å². The van der Waals surface area contributed by atoms with Gasteiger partial charge in [0.25, 0.3) is 0 Å². The van der Waals surface area contributed by atoms with Gasteiger partial charge < -0.3 is 26.2 Å². The molecular weight excluding hydrogens is 352 g/mol. The number of carbonyl (C=O) groups is 1. The highest BCUT2D eigenvalue weighted by Gasteiger charge is 2.22. The number of aliphatic imine (C=N–C) groups is 1. The molecule has 1 saturated heterocycles. The minimum atomic E-state index is -0.134. The van der Waals surface area contributed by atoms with Crippen molar-refractivity contribution in [2.45, 2.75) is 65.3 Å². The zero-order chi connectivity index (χ0) is 20.8. The molecule has 0 radical (unpaired) electrons. The lowest BCUT2D eigenvalue weighted by Crippen LogP contribution is -2.43. The number of nitrogens with one attached hydrogen (secondary N) is 2.